The smallest absolute Gasteiger partial charge is 0.303 e. The lowest BCUT2D eigenvalue weighted by Gasteiger charge is -2.16. The highest BCUT2D eigenvalue weighted by atomic mass is 16.5. The summed E-state index contributed by atoms with van der Waals surface area (Å²) in [6.45, 7) is 1.91. The van der Waals surface area contributed by atoms with Gasteiger partial charge in [0.1, 0.15) is 0 Å². The number of carboxylic acid groups (broad SMARTS) is 1. The molecule has 1 aromatic rings. The van der Waals surface area contributed by atoms with Crippen LogP contribution in [0.2, 0.25) is 0 Å². The number of nitrogens with zero attached hydrogens (tertiary/aromatic N) is 3. The summed E-state index contributed by atoms with van der Waals surface area (Å²) in [6, 6.07) is 0. The zero-order valence-electron chi connectivity index (χ0n) is 9.76. The molecule has 2 rings (SSSR count). The molecule has 0 radical (unpaired) electrons. The van der Waals surface area contributed by atoms with E-state index in [9.17, 15) is 4.79 Å². The Bertz CT molecular complexity index is 370. The van der Waals surface area contributed by atoms with Gasteiger partial charge in [0.15, 0.2) is 0 Å². The number of aromatic nitrogens is 2. The molecule has 0 atom stereocenters. The molecule has 2 heterocycles. The van der Waals surface area contributed by atoms with Gasteiger partial charge < -0.3 is 14.5 Å². The molecule has 94 valence electrons. The molecule has 0 amide bonds. The monoisotopic (exact) mass is 239 g/mol. The van der Waals surface area contributed by atoms with Crippen LogP contribution in [-0.2, 0) is 11.2 Å². The summed E-state index contributed by atoms with van der Waals surface area (Å²) in [7, 11) is 0. The van der Waals surface area contributed by atoms with E-state index >= 15 is 0 Å². The van der Waals surface area contributed by atoms with E-state index in [1.54, 1.807) is 0 Å². The second-order valence-corrected chi connectivity index (χ2v) is 4.28. The molecule has 0 bridgehead atoms. The molecule has 1 N–H and O–H groups in total. The number of anilines is 1. The molecule has 0 unspecified atom stereocenters. The van der Waals surface area contributed by atoms with Crippen LogP contribution in [0, 0.1) is 0 Å². The Morgan fingerprint density at radius 3 is 2.65 bits per heavy atom. The maximum absolute atomic E-state index is 10.4. The van der Waals surface area contributed by atoms with E-state index in [2.05, 4.69) is 15.0 Å². The largest absolute Gasteiger partial charge is 0.481 e. The molecule has 0 aliphatic carbocycles. The predicted octanol–water partition coefficient (Wildman–Crippen LogP) is 1.47. The van der Waals surface area contributed by atoms with Crippen LogP contribution in [0.4, 0.5) is 5.95 Å². The topological polar surface area (TPSA) is 79.5 Å². The van der Waals surface area contributed by atoms with Crippen LogP contribution in [-0.4, -0.2) is 34.3 Å². The van der Waals surface area contributed by atoms with E-state index in [4.69, 9.17) is 9.63 Å². The van der Waals surface area contributed by atoms with E-state index in [-0.39, 0.29) is 6.42 Å². The van der Waals surface area contributed by atoms with Crippen LogP contribution in [0.15, 0.2) is 4.52 Å². The normalized spacial score (nSPS) is 16.8. The maximum atomic E-state index is 10.4. The van der Waals surface area contributed by atoms with Crippen LogP contribution in [0.3, 0.4) is 0 Å². The molecule has 1 aliphatic heterocycles. The molecular weight excluding hydrogens is 222 g/mol. The Morgan fingerprint density at radius 1 is 1.29 bits per heavy atom. The number of aliphatic carboxylic acids is 1. The minimum absolute atomic E-state index is 0.0294. The minimum Gasteiger partial charge on any atom is -0.481 e. The second kappa shape index (κ2) is 5.65. The zero-order chi connectivity index (χ0) is 12.1. The summed E-state index contributed by atoms with van der Waals surface area (Å²) < 4.78 is 5.04. The van der Waals surface area contributed by atoms with Gasteiger partial charge in [-0.25, -0.2) is 0 Å². The Kier molecular flexibility index (Phi) is 3.95. The minimum atomic E-state index is -0.848. The van der Waals surface area contributed by atoms with Crippen LogP contribution in [0.5, 0.6) is 0 Å². The lowest BCUT2D eigenvalue weighted by Crippen LogP contribution is -2.24. The van der Waals surface area contributed by atoms with E-state index in [1.165, 1.54) is 12.8 Å². The second-order valence-electron chi connectivity index (χ2n) is 4.28. The van der Waals surface area contributed by atoms with Crippen molar-refractivity contribution in [3.8, 4) is 0 Å². The summed E-state index contributed by atoms with van der Waals surface area (Å²) in [5, 5.41) is 12.5. The van der Waals surface area contributed by atoms with Crippen molar-refractivity contribution in [2.45, 2.75) is 38.5 Å². The summed E-state index contributed by atoms with van der Waals surface area (Å²) in [5.41, 5.74) is 0. The van der Waals surface area contributed by atoms with Crippen molar-refractivity contribution >= 4 is 11.9 Å². The van der Waals surface area contributed by atoms with Crippen molar-refractivity contribution in [3.63, 3.8) is 0 Å². The fraction of sp³-hybridized carbons (Fsp3) is 0.727. The Labute approximate surface area is 99.6 Å². The van der Waals surface area contributed by atoms with Crippen molar-refractivity contribution in [1.82, 2.24) is 10.1 Å². The highest BCUT2D eigenvalue weighted by Gasteiger charge is 2.16. The molecule has 1 aromatic heterocycles. The molecule has 17 heavy (non-hydrogen) atoms. The van der Waals surface area contributed by atoms with Crippen LogP contribution in [0.1, 0.15) is 38.0 Å². The third-order valence-corrected chi connectivity index (χ3v) is 2.90. The van der Waals surface area contributed by atoms with Crippen molar-refractivity contribution in [2.75, 3.05) is 18.0 Å². The van der Waals surface area contributed by atoms with Gasteiger partial charge in [0.2, 0.25) is 5.89 Å². The quantitative estimate of drug-likeness (QED) is 0.857. The van der Waals surface area contributed by atoms with E-state index in [0.29, 0.717) is 18.3 Å². The van der Waals surface area contributed by atoms with Gasteiger partial charge in [0, 0.05) is 19.5 Å². The van der Waals surface area contributed by atoms with Gasteiger partial charge in [0.25, 0.3) is 5.95 Å². The van der Waals surface area contributed by atoms with Gasteiger partial charge in [-0.1, -0.05) is 12.8 Å². The van der Waals surface area contributed by atoms with Crippen molar-refractivity contribution in [3.05, 3.63) is 5.89 Å². The SMILES string of the molecule is O=C(O)CCc1nc(N2CCCCCC2)no1. The molecule has 1 aliphatic rings. The Balaban J connectivity index is 1.94. The summed E-state index contributed by atoms with van der Waals surface area (Å²) in [6.07, 6.45) is 5.14. The fourth-order valence-corrected chi connectivity index (χ4v) is 1.96. The highest BCUT2D eigenvalue weighted by Crippen LogP contribution is 2.16. The van der Waals surface area contributed by atoms with E-state index < -0.39 is 5.97 Å². The number of hydrogen-bond acceptors (Lipinski definition) is 5. The zero-order valence-corrected chi connectivity index (χ0v) is 9.76. The maximum Gasteiger partial charge on any atom is 0.303 e. The first-order chi connectivity index (χ1) is 8.25. The van der Waals surface area contributed by atoms with Gasteiger partial charge in [-0.15, -0.1) is 0 Å². The molecule has 0 saturated carbocycles. The fourth-order valence-electron chi connectivity index (χ4n) is 1.96. The third-order valence-electron chi connectivity index (χ3n) is 2.90. The molecule has 6 heteroatoms. The average Bonchev–Trinajstić information content (AvgIpc) is 2.60. The van der Waals surface area contributed by atoms with E-state index in [1.807, 2.05) is 0 Å². The first-order valence-corrected chi connectivity index (χ1v) is 6.05. The lowest BCUT2D eigenvalue weighted by atomic mass is 10.2. The van der Waals surface area contributed by atoms with Gasteiger partial charge >= 0.3 is 5.97 Å². The Hall–Kier alpha value is -1.59. The summed E-state index contributed by atoms with van der Waals surface area (Å²) >= 11 is 0. The van der Waals surface area contributed by atoms with Crippen LogP contribution in [0.25, 0.3) is 0 Å². The molecule has 0 spiro atoms. The molecule has 0 aromatic carbocycles. The Morgan fingerprint density at radius 2 is 2.00 bits per heavy atom. The standard InChI is InChI=1S/C11H17N3O3/c15-10(16)6-5-9-12-11(13-17-9)14-7-3-1-2-4-8-14/h1-8H2,(H,15,16). The van der Waals surface area contributed by atoms with Gasteiger partial charge in [-0.05, 0) is 18.0 Å². The average molecular weight is 239 g/mol. The number of carbonyl (C=O) groups is 1. The molecular formula is C11H17N3O3. The number of carboxylic acids is 1. The molecule has 6 nitrogen and oxygen atoms in total. The van der Waals surface area contributed by atoms with Crippen molar-refractivity contribution < 1.29 is 14.4 Å². The first kappa shape index (κ1) is 11.9. The van der Waals surface area contributed by atoms with Gasteiger partial charge in [0.05, 0.1) is 6.42 Å². The predicted molar refractivity (Wildman–Crippen MR) is 60.9 cm³/mol. The third kappa shape index (κ3) is 3.44. The van der Waals surface area contributed by atoms with E-state index in [0.717, 1.165) is 25.9 Å². The number of aryl methyl sites for hydroxylation is 1. The van der Waals surface area contributed by atoms with Crippen LogP contribution < -0.4 is 4.90 Å². The number of hydrogen-bond donors (Lipinski definition) is 1. The van der Waals surface area contributed by atoms with Gasteiger partial charge in [-0.2, -0.15) is 4.98 Å². The van der Waals surface area contributed by atoms with Crippen molar-refractivity contribution in [1.29, 1.82) is 0 Å². The highest BCUT2D eigenvalue weighted by molar-refractivity contribution is 5.66. The van der Waals surface area contributed by atoms with Crippen LogP contribution >= 0.6 is 0 Å². The molecule has 1 saturated heterocycles. The number of rotatable bonds is 4. The lowest BCUT2D eigenvalue weighted by molar-refractivity contribution is -0.137. The van der Waals surface area contributed by atoms with Crippen molar-refractivity contribution in [2.24, 2.45) is 0 Å². The molecule has 1 fully saturated rings. The summed E-state index contributed by atoms with van der Waals surface area (Å²) in [5.74, 6) is 0.165. The van der Waals surface area contributed by atoms with Gasteiger partial charge in [-0.3, -0.25) is 4.79 Å². The summed E-state index contributed by atoms with van der Waals surface area (Å²) in [4.78, 5) is 16.8. The first-order valence-electron chi connectivity index (χ1n) is 6.05.